The largest absolute Gasteiger partial charge is 0.0922 e. The molecular weight excluding hydrogens is 272 g/mol. The van der Waals surface area contributed by atoms with Crippen LogP contribution in [0.4, 0.5) is 0 Å². The molecule has 0 aliphatic rings. The summed E-state index contributed by atoms with van der Waals surface area (Å²) in [6.07, 6.45) is 3.72. The van der Waals surface area contributed by atoms with Crippen molar-refractivity contribution in [3.05, 3.63) is 34.4 Å². The zero-order chi connectivity index (χ0) is 13.1. The Bertz CT molecular complexity index is 358. The van der Waals surface area contributed by atoms with Gasteiger partial charge in [0.25, 0.3) is 0 Å². The summed E-state index contributed by atoms with van der Waals surface area (Å²) in [4.78, 5) is 0. The molecule has 1 aromatic carbocycles. The van der Waals surface area contributed by atoms with Gasteiger partial charge in [0, 0.05) is 5.33 Å². The lowest BCUT2D eigenvalue weighted by Gasteiger charge is -2.29. The number of rotatable bonds is 5. The minimum absolute atomic E-state index is 0.388. The van der Waals surface area contributed by atoms with Crippen LogP contribution in [-0.2, 0) is 6.42 Å². The first-order valence-corrected chi connectivity index (χ1v) is 7.66. The Morgan fingerprint density at radius 3 is 2.06 bits per heavy atom. The molecule has 0 radical (unpaired) electrons. The first-order chi connectivity index (χ1) is 7.91. The van der Waals surface area contributed by atoms with Gasteiger partial charge in [-0.3, -0.25) is 0 Å². The van der Waals surface area contributed by atoms with Gasteiger partial charge in [-0.05, 0) is 55.7 Å². The highest BCUT2D eigenvalue weighted by atomic mass is 79.9. The van der Waals surface area contributed by atoms with E-state index in [1.54, 1.807) is 5.56 Å². The maximum atomic E-state index is 3.69. The number of aryl methyl sites for hydroxylation is 3. The maximum absolute atomic E-state index is 3.69. The molecule has 1 rings (SSSR count). The van der Waals surface area contributed by atoms with Crippen LogP contribution in [0.5, 0.6) is 0 Å². The zero-order valence-electron chi connectivity index (χ0n) is 11.9. The van der Waals surface area contributed by atoms with Gasteiger partial charge in [0.15, 0.2) is 0 Å². The van der Waals surface area contributed by atoms with Gasteiger partial charge in [0.1, 0.15) is 0 Å². The van der Waals surface area contributed by atoms with E-state index in [-0.39, 0.29) is 0 Å². The third-order valence-corrected chi connectivity index (χ3v) is 4.97. The normalized spacial score (nSPS) is 14.7. The molecule has 0 N–H and O–H groups in total. The van der Waals surface area contributed by atoms with Crippen LogP contribution in [0.1, 0.15) is 48.9 Å². The topological polar surface area (TPSA) is 0 Å². The minimum atomic E-state index is 0.388. The second kappa shape index (κ2) is 6.04. The van der Waals surface area contributed by atoms with E-state index >= 15 is 0 Å². The van der Waals surface area contributed by atoms with Crippen molar-refractivity contribution in [3.8, 4) is 0 Å². The van der Waals surface area contributed by atoms with E-state index in [1.807, 2.05) is 0 Å². The van der Waals surface area contributed by atoms with Gasteiger partial charge >= 0.3 is 0 Å². The molecule has 0 spiro atoms. The number of hydrogen-bond donors (Lipinski definition) is 0. The molecule has 0 amide bonds. The third-order valence-electron chi connectivity index (χ3n) is 3.62. The van der Waals surface area contributed by atoms with Crippen molar-refractivity contribution < 1.29 is 0 Å². The van der Waals surface area contributed by atoms with Gasteiger partial charge in [-0.2, -0.15) is 0 Å². The van der Waals surface area contributed by atoms with Crippen LogP contribution in [0.25, 0.3) is 0 Å². The first kappa shape index (κ1) is 14.8. The Morgan fingerprint density at radius 1 is 1.12 bits per heavy atom. The molecule has 0 aliphatic heterocycles. The molecule has 0 saturated heterocycles. The summed E-state index contributed by atoms with van der Waals surface area (Å²) in [5.41, 5.74) is 6.21. The molecule has 0 heterocycles. The molecule has 0 fully saturated rings. The Hall–Kier alpha value is -0.300. The van der Waals surface area contributed by atoms with Crippen molar-refractivity contribution in [1.29, 1.82) is 0 Å². The van der Waals surface area contributed by atoms with Gasteiger partial charge in [0.2, 0.25) is 0 Å². The molecule has 0 bridgehead atoms. The molecular formula is C16H25Br. The first-order valence-electron chi connectivity index (χ1n) is 6.54. The minimum Gasteiger partial charge on any atom is -0.0922 e. The fourth-order valence-corrected chi connectivity index (χ4v) is 3.20. The second-order valence-electron chi connectivity index (χ2n) is 5.75. The summed E-state index contributed by atoms with van der Waals surface area (Å²) in [6.45, 7) is 11.3. The van der Waals surface area contributed by atoms with Crippen molar-refractivity contribution in [2.45, 2.75) is 53.9 Å². The smallest absolute Gasteiger partial charge is 0.00885 e. The van der Waals surface area contributed by atoms with Gasteiger partial charge in [-0.1, -0.05) is 53.9 Å². The van der Waals surface area contributed by atoms with Crippen molar-refractivity contribution in [1.82, 2.24) is 0 Å². The monoisotopic (exact) mass is 296 g/mol. The molecule has 1 heteroatoms. The van der Waals surface area contributed by atoms with Crippen LogP contribution in [-0.4, -0.2) is 5.33 Å². The van der Waals surface area contributed by atoms with Crippen LogP contribution < -0.4 is 0 Å². The molecule has 0 saturated carbocycles. The second-order valence-corrected chi connectivity index (χ2v) is 6.31. The predicted octanol–water partition coefficient (Wildman–Crippen LogP) is 5.36. The van der Waals surface area contributed by atoms with Gasteiger partial charge in [-0.15, -0.1) is 0 Å². The number of halogens is 1. The van der Waals surface area contributed by atoms with Crippen LogP contribution in [0, 0.1) is 26.2 Å². The van der Waals surface area contributed by atoms with E-state index in [9.17, 15) is 0 Å². The summed E-state index contributed by atoms with van der Waals surface area (Å²) < 4.78 is 0. The number of benzene rings is 1. The van der Waals surface area contributed by atoms with Crippen molar-refractivity contribution in [2.24, 2.45) is 5.41 Å². The fraction of sp³-hybridized carbons (Fsp3) is 0.625. The number of hydrogen-bond acceptors (Lipinski definition) is 0. The summed E-state index contributed by atoms with van der Waals surface area (Å²) in [7, 11) is 0. The quantitative estimate of drug-likeness (QED) is 0.642. The van der Waals surface area contributed by atoms with Crippen molar-refractivity contribution in [3.63, 3.8) is 0 Å². The highest BCUT2D eigenvalue weighted by molar-refractivity contribution is 9.09. The standard InChI is InChI=1S/C16H25Br/c1-6-7-16(5,11-17)10-15-13(3)8-12(2)9-14(15)4/h8-9H,6-7,10-11H2,1-5H3. The average molecular weight is 297 g/mol. The molecule has 1 unspecified atom stereocenters. The van der Waals surface area contributed by atoms with E-state index in [0.29, 0.717) is 5.41 Å². The lowest BCUT2D eigenvalue weighted by molar-refractivity contribution is 0.339. The lowest BCUT2D eigenvalue weighted by Crippen LogP contribution is -2.22. The van der Waals surface area contributed by atoms with Crippen LogP contribution in [0.2, 0.25) is 0 Å². The maximum Gasteiger partial charge on any atom is 0.00885 e. The predicted molar refractivity (Wildman–Crippen MR) is 81.2 cm³/mol. The fourth-order valence-electron chi connectivity index (χ4n) is 2.72. The Balaban J connectivity index is 3.01. The SMILES string of the molecule is CCCC(C)(CBr)Cc1c(C)cc(C)cc1C. The van der Waals surface area contributed by atoms with Gasteiger partial charge in [-0.25, -0.2) is 0 Å². The molecule has 0 nitrogen and oxygen atoms in total. The van der Waals surface area contributed by atoms with E-state index in [1.165, 1.54) is 36.0 Å². The van der Waals surface area contributed by atoms with Crippen molar-refractivity contribution in [2.75, 3.05) is 5.33 Å². The Labute approximate surface area is 115 Å². The Kier molecular flexibility index (Phi) is 5.24. The van der Waals surface area contributed by atoms with Crippen LogP contribution >= 0.6 is 15.9 Å². The van der Waals surface area contributed by atoms with Gasteiger partial charge in [0.05, 0.1) is 0 Å². The van der Waals surface area contributed by atoms with E-state index < -0.39 is 0 Å². The zero-order valence-corrected chi connectivity index (χ0v) is 13.4. The van der Waals surface area contributed by atoms with E-state index in [4.69, 9.17) is 0 Å². The molecule has 1 aromatic rings. The Morgan fingerprint density at radius 2 is 1.65 bits per heavy atom. The average Bonchev–Trinajstić information content (AvgIpc) is 2.24. The highest BCUT2D eigenvalue weighted by Crippen LogP contribution is 2.33. The molecule has 1 atom stereocenters. The van der Waals surface area contributed by atoms with Crippen molar-refractivity contribution >= 4 is 15.9 Å². The summed E-state index contributed by atoms with van der Waals surface area (Å²) in [5.74, 6) is 0. The molecule has 0 aliphatic carbocycles. The molecule has 0 aromatic heterocycles. The van der Waals surface area contributed by atoms with Crippen LogP contribution in [0.15, 0.2) is 12.1 Å². The molecule has 17 heavy (non-hydrogen) atoms. The van der Waals surface area contributed by atoms with E-state index in [2.05, 4.69) is 62.7 Å². The molecule has 96 valence electrons. The summed E-state index contributed by atoms with van der Waals surface area (Å²) >= 11 is 3.69. The van der Waals surface area contributed by atoms with Crippen LogP contribution in [0.3, 0.4) is 0 Å². The number of alkyl halides is 1. The van der Waals surface area contributed by atoms with Gasteiger partial charge < -0.3 is 0 Å². The highest BCUT2D eigenvalue weighted by Gasteiger charge is 2.23. The third kappa shape index (κ3) is 3.84. The summed E-state index contributed by atoms with van der Waals surface area (Å²) in [6, 6.07) is 4.62. The lowest BCUT2D eigenvalue weighted by atomic mass is 9.79. The van der Waals surface area contributed by atoms with E-state index in [0.717, 1.165) is 5.33 Å². The summed E-state index contributed by atoms with van der Waals surface area (Å²) in [5, 5.41) is 1.08.